The standard InChI is InChI=1S/C27H40N2O2/c1-20-6-4-7-21(14-20)16-24(30)8-9-25-26-17-22(15-23(26)18-27(25)31)19-28-10-5-13-29-11-2-3-12-29/h4,6-9,14-15,23-28,30-31H,2-3,5,10-13,16-19H2,1H3/t23-,24+,25+,26-,27+/m0/s1. The third-order valence-corrected chi connectivity index (χ3v) is 7.41. The number of likely N-dealkylation sites (tertiary alicyclic amines) is 1. The van der Waals surface area contributed by atoms with E-state index in [0.717, 1.165) is 31.5 Å². The van der Waals surface area contributed by atoms with Gasteiger partial charge < -0.3 is 20.4 Å². The van der Waals surface area contributed by atoms with Gasteiger partial charge in [-0.15, -0.1) is 0 Å². The minimum Gasteiger partial charge on any atom is -0.392 e. The third-order valence-electron chi connectivity index (χ3n) is 7.41. The smallest absolute Gasteiger partial charge is 0.0761 e. The number of allylic oxidation sites excluding steroid dienone is 1. The lowest BCUT2D eigenvalue weighted by molar-refractivity contribution is 0.140. The topological polar surface area (TPSA) is 55.7 Å². The fourth-order valence-corrected chi connectivity index (χ4v) is 5.82. The van der Waals surface area contributed by atoms with Gasteiger partial charge in [0, 0.05) is 18.9 Å². The van der Waals surface area contributed by atoms with Gasteiger partial charge in [0.1, 0.15) is 0 Å². The van der Waals surface area contributed by atoms with E-state index in [9.17, 15) is 10.2 Å². The van der Waals surface area contributed by atoms with Crippen LogP contribution in [-0.2, 0) is 6.42 Å². The average molecular weight is 425 g/mol. The molecule has 1 aromatic carbocycles. The predicted octanol–water partition coefficient (Wildman–Crippen LogP) is 3.47. The average Bonchev–Trinajstić information content (AvgIpc) is 3.43. The van der Waals surface area contributed by atoms with Crippen LogP contribution in [0.25, 0.3) is 0 Å². The van der Waals surface area contributed by atoms with Crippen molar-refractivity contribution in [1.82, 2.24) is 10.2 Å². The van der Waals surface area contributed by atoms with Crippen LogP contribution in [0, 0.1) is 24.7 Å². The minimum atomic E-state index is -0.501. The number of aliphatic hydroxyl groups is 2. The summed E-state index contributed by atoms with van der Waals surface area (Å²) in [5, 5.41) is 24.7. The first-order chi connectivity index (χ1) is 15.1. The summed E-state index contributed by atoms with van der Waals surface area (Å²) >= 11 is 0. The van der Waals surface area contributed by atoms with Crippen molar-refractivity contribution in [1.29, 1.82) is 0 Å². The molecule has 1 aromatic rings. The van der Waals surface area contributed by atoms with Gasteiger partial charge in [-0.3, -0.25) is 0 Å². The summed E-state index contributed by atoms with van der Waals surface area (Å²) < 4.78 is 0. The van der Waals surface area contributed by atoms with E-state index in [1.807, 2.05) is 12.1 Å². The van der Waals surface area contributed by atoms with Gasteiger partial charge in [-0.05, 0) is 82.6 Å². The molecule has 0 radical (unpaired) electrons. The van der Waals surface area contributed by atoms with Crippen molar-refractivity contribution in [3.8, 4) is 0 Å². The molecule has 4 rings (SSSR count). The molecule has 170 valence electrons. The second-order valence-electron chi connectivity index (χ2n) is 9.96. The fraction of sp³-hybridized carbons (Fsp3) is 0.630. The quantitative estimate of drug-likeness (QED) is 0.398. The van der Waals surface area contributed by atoms with E-state index >= 15 is 0 Å². The van der Waals surface area contributed by atoms with Gasteiger partial charge in [-0.2, -0.15) is 0 Å². The number of benzene rings is 1. The summed E-state index contributed by atoms with van der Waals surface area (Å²) in [6.45, 7) is 7.93. The first-order valence-corrected chi connectivity index (χ1v) is 12.3. The lowest BCUT2D eigenvalue weighted by atomic mass is 9.89. The zero-order valence-corrected chi connectivity index (χ0v) is 19.0. The van der Waals surface area contributed by atoms with E-state index in [0.29, 0.717) is 18.3 Å². The molecule has 1 saturated carbocycles. The second-order valence-corrected chi connectivity index (χ2v) is 9.96. The van der Waals surface area contributed by atoms with Crippen LogP contribution in [-0.4, -0.2) is 60.0 Å². The monoisotopic (exact) mass is 424 g/mol. The summed E-state index contributed by atoms with van der Waals surface area (Å²) in [5.41, 5.74) is 3.88. The number of nitrogens with zero attached hydrogens (tertiary/aromatic N) is 1. The highest BCUT2D eigenvalue weighted by Gasteiger charge is 2.43. The molecule has 0 spiro atoms. The Bertz CT molecular complexity index is 768. The van der Waals surface area contributed by atoms with Crippen LogP contribution in [0.15, 0.2) is 48.1 Å². The summed E-state index contributed by atoms with van der Waals surface area (Å²) in [4.78, 5) is 2.58. The number of hydrogen-bond donors (Lipinski definition) is 3. The molecule has 0 aromatic heterocycles. The number of fused-ring (bicyclic) bond motifs is 1. The summed E-state index contributed by atoms with van der Waals surface area (Å²) in [6, 6.07) is 8.31. The van der Waals surface area contributed by atoms with Crippen molar-refractivity contribution in [2.75, 3.05) is 32.7 Å². The van der Waals surface area contributed by atoms with Crippen molar-refractivity contribution < 1.29 is 10.2 Å². The Morgan fingerprint density at radius 3 is 2.90 bits per heavy atom. The number of nitrogens with one attached hydrogen (secondary N) is 1. The van der Waals surface area contributed by atoms with E-state index in [1.165, 1.54) is 50.0 Å². The Labute approximate surface area is 188 Å². The Kier molecular flexibility index (Phi) is 8.00. The third kappa shape index (κ3) is 6.29. The Morgan fingerprint density at radius 2 is 2.10 bits per heavy atom. The predicted molar refractivity (Wildman–Crippen MR) is 127 cm³/mol. The van der Waals surface area contributed by atoms with Gasteiger partial charge in [-0.25, -0.2) is 0 Å². The van der Waals surface area contributed by atoms with Crippen molar-refractivity contribution in [3.63, 3.8) is 0 Å². The number of hydrogen-bond acceptors (Lipinski definition) is 4. The van der Waals surface area contributed by atoms with Crippen molar-refractivity contribution in [3.05, 3.63) is 59.2 Å². The number of aryl methyl sites for hydroxylation is 1. The normalized spacial score (nSPS) is 29.6. The van der Waals surface area contributed by atoms with Crippen LogP contribution >= 0.6 is 0 Å². The Hall–Kier alpha value is -1.46. The maximum Gasteiger partial charge on any atom is 0.0761 e. The SMILES string of the molecule is Cc1cccc(C[C@H](O)C=C[C@@H]2[C@H]3CC(CNCCCN4CCCC4)=C[C@H]3C[C@H]2O)c1. The largest absolute Gasteiger partial charge is 0.392 e. The molecule has 2 aliphatic carbocycles. The maximum absolute atomic E-state index is 10.6. The zero-order chi connectivity index (χ0) is 21.6. The molecule has 1 aliphatic heterocycles. The van der Waals surface area contributed by atoms with E-state index in [1.54, 1.807) is 0 Å². The highest BCUT2D eigenvalue weighted by atomic mass is 16.3. The highest BCUT2D eigenvalue weighted by molar-refractivity contribution is 5.24. The molecule has 3 aliphatic rings. The molecule has 0 amide bonds. The fourth-order valence-electron chi connectivity index (χ4n) is 5.82. The van der Waals surface area contributed by atoms with Crippen LogP contribution in [0.3, 0.4) is 0 Å². The van der Waals surface area contributed by atoms with Crippen LogP contribution in [0.4, 0.5) is 0 Å². The molecule has 1 saturated heterocycles. The molecule has 0 unspecified atom stereocenters. The van der Waals surface area contributed by atoms with Crippen LogP contribution in [0.2, 0.25) is 0 Å². The van der Waals surface area contributed by atoms with Crippen LogP contribution in [0.5, 0.6) is 0 Å². The van der Waals surface area contributed by atoms with E-state index in [-0.39, 0.29) is 12.0 Å². The first kappa shape index (κ1) is 22.7. The highest BCUT2D eigenvalue weighted by Crippen LogP contribution is 2.47. The van der Waals surface area contributed by atoms with E-state index < -0.39 is 6.10 Å². The molecule has 4 nitrogen and oxygen atoms in total. The van der Waals surface area contributed by atoms with Gasteiger partial charge in [-0.1, -0.05) is 53.6 Å². The molecule has 2 fully saturated rings. The second kappa shape index (κ2) is 10.9. The molecule has 0 bridgehead atoms. The molecule has 31 heavy (non-hydrogen) atoms. The lowest BCUT2D eigenvalue weighted by Crippen LogP contribution is -2.26. The Morgan fingerprint density at radius 1 is 1.26 bits per heavy atom. The number of rotatable bonds is 10. The van der Waals surface area contributed by atoms with Gasteiger partial charge in [0.15, 0.2) is 0 Å². The summed E-state index contributed by atoms with van der Waals surface area (Å²) in [5.74, 6) is 1.12. The van der Waals surface area contributed by atoms with Gasteiger partial charge >= 0.3 is 0 Å². The van der Waals surface area contributed by atoms with Crippen LogP contribution in [0.1, 0.15) is 43.2 Å². The molecular weight excluding hydrogens is 384 g/mol. The maximum atomic E-state index is 10.6. The molecular formula is C27H40N2O2. The number of aliphatic hydroxyl groups excluding tert-OH is 2. The van der Waals surface area contributed by atoms with E-state index in [2.05, 4.69) is 47.5 Å². The van der Waals surface area contributed by atoms with E-state index in [4.69, 9.17) is 0 Å². The summed E-state index contributed by atoms with van der Waals surface area (Å²) in [6.07, 6.45) is 12.1. The lowest BCUT2D eigenvalue weighted by Gasteiger charge is -2.19. The summed E-state index contributed by atoms with van der Waals surface area (Å²) in [7, 11) is 0. The van der Waals surface area contributed by atoms with Gasteiger partial charge in [0.2, 0.25) is 0 Å². The first-order valence-electron chi connectivity index (χ1n) is 12.3. The van der Waals surface area contributed by atoms with Crippen molar-refractivity contribution >= 4 is 0 Å². The van der Waals surface area contributed by atoms with Crippen molar-refractivity contribution in [2.24, 2.45) is 17.8 Å². The van der Waals surface area contributed by atoms with Crippen molar-refractivity contribution in [2.45, 2.75) is 57.7 Å². The molecule has 3 N–H and O–H groups in total. The van der Waals surface area contributed by atoms with Crippen LogP contribution < -0.4 is 5.32 Å². The Balaban J connectivity index is 1.20. The molecule has 1 heterocycles. The zero-order valence-electron chi connectivity index (χ0n) is 19.0. The minimum absolute atomic E-state index is 0.154. The van der Waals surface area contributed by atoms with Gasteiger partial charge in [0.25, 0.3) is 0 Å². The van der Waals surface area contributed by atoms with Gasteiger partial charge in [0.05, 0.1) is 12.2 Å². The molecule has 5 atom stereocenters. The molecule has 4 heteroatoms.